The monoisotopic (exact) mass is 375 g/mol. The average molecular weight is 376 g/mol. The summed E-state index contributed by atoms with van der Waals surface area (Å²) < 4.78 is 0. The molecule has 7 heteroatoms. The van der Waals surface area contributed by atoms with Crippen LogP contribution in [0.3, 0.4) is 0 Å². The molecule has 136 valence electrons. The summed E-state index contributed by atoms with van der Waals surface area (Å²) in [6, 6.07) is 7.97. The lowest BCUT2D eigenvalue weighted by molar-refractivity contribution is -0.120. The van der Waals surface area contributed by atoms with Crippen molar-refractivity contribution in [3.8, 4) is 0 Å². The number of aliphatic hydroxyl groups is 1. The van der Waals surface area contributed by atoms with Crippen LogP contribution in [0, 0.1) is 5.92 Å². The van der Waals surface area contributed by atoms with Gasteiger partial charge in [0.25, 0.3) is 0 Å². The van der Waals surface area contributed by atoms with Crippen molar-refractivity contribution in [1.29, 1.82) is 0 Å². The molecule has 5 nitrogen and oxygen atoms in total. The number of halogens is 2. The summed E-state index contributed by atoms with van der Waals surface area (Å²) in [4.78, 5) is 14.7. The molecule has 0 saturated carbocycles. The van der Waals surface area contributed by atoms with Gasteiger partial charge in [0.15, 0.2) is 0 Å². The Morgan fingerprint density at radius 1 is 1.17 bits per heavy atom. The molecule has 2 heterocycles. The van der Waals surface area contributed by atoms with Crippen LogP contribution in [0.2, 0.25) is 0 Å². The van der Waals surface area contributed by atoms with Crippen LogP contribution in [-0.2, 0) is 4.79 Å². The van der Waals surface area contributed by atoms with Gasteiger partial charge in [-0.05, 0) is 44.4 Å². The molecule has 0 radical (unpaired) electrons. The Bertz CT molecular complexity index is 516. The molecule has 2 aliphatic heterocycles. The van der Waals surface area contributed by atoms with Crippen LogP contribution in [0.25, 0.3) is 0 Å². The first-order valence-corrected chi connectivity index (χ1v) is 8.27. The fourth-order valence-electron chi connectivity index (χ4n) is 3.27. The summed E-state index contributed by atoms with van der Waals surface area (Å²) in [6.07, 6.45) is 3.40. The SMILES string of the molecule is Cl.Cl.O=C(Nc1ccccc1N1CCC(O)CC1)C1CCCNC1. The fourth-order valence-corrected chi connectivity index (χ4v) is 3.27. The third kappa shape index (κ3) is 5.24. The molecule has 3 rings (SSSR count). The second kappa shape index (κ2) is 10.1. The molecule has 1 aromatic rings. The second-order valence-corrected chi connectivity index (χ2v) is 6.27. The number of benzene rings is 1. The molecular weight excluding hydrogens is 349 g/mol. The smallest absolute Gasteiger partial charge is 0.228 e. The maximum atomic E-state index is 12.4. The quantitative estimate of drug-likeness (QED) is 0.758. The number of anilines is 2. The lowest BCUT2D eigenvalue weighted by atomic mass is 9.98. The molecule has 2 saturated heterocycles. The van der Waals surface area contributed by atoms with E-state index in [-0.39, 0.29) is 42.7 Å². The van der Waals surface area contributed by atoms with Gasteiger partial charge in [0.05, 0.1) is 23.4 Å². The largest absolute Gasteiger partial charge is 0.393 e. The van der Waals surface area contributed by atoms with Crippen molar-refractivity contribution in [2.75, 3.05) is 36.4 Å². The summed E-state index contributed by atoms with van der Waals surface area (Å²) in [6.45, 7) is 3.44. The highest BCUT2D eigenvalue weighted by molar-refractivity contribution is 5.96. The van der Waals surface area contributed by atoms with Crippen LogP contribution in [-0.4, -0.2) is 43.3 Å². The van der Waals surface area contributed by atoms with Crippen molar-refractivity contribution >= 4 is 42.1 Å². The average Bonchev–Trinajstić information content (AvgIpc) is 2.57. The van der Waals surface area contributed by atoms with Crippen LogP contribution in [0.5, 0.6) is 0 Å². The van der Waals surface area contributed by atoms with Gasteiger partial charge in [0.2, 0.25) is 5.91 Å². The summed E-state index contributed by atoms with van der Waals surface area (Å²) in [5, 5.41) is 16.0. The molecule has 1 aromatic carbocycles. The molecule has 1 unspecified atom stereocenters. The third-order valence-electron chi connectivity index (χ3n) is 4.63. The minimum Gasteiger partial charge on any atom is -0.393 e. The molecule has 2 fully saturated rings. The third-order valence-corrected chi connectivity index (χ3v) is 4.63. The zero-order valence-electron chi connectivity index (χ0n) is 13.7. The number of para-hydroxylation sites is 2. The fraction of sp³-hybridized carbons (Fsp3) is 0.588. The minimum atomic E-state index is -0.189. The lowest BCUT2D eigenvalue weighted by Gasteiger charge is -2.33. The van der Waals surface area contributed by atoms with Gasteiger partial charge in [0.1, 0.15) is 0 Å². The number of nitrogens with zero attached hydrogens (tertiary/aromatic N) is 1. The zero-order chi connectivity index (χ0) is 15.4. The van der Waals surface area contributed by atoms with Gasteiger partial charge in [-0.15, -0.1) is 24.8 Å². The van der Waals surface area contributed by atoms with E-state index in [2.05, 4.69) is 15.5 Å². The normalized spacial score (nSPS) is 21.4. The van der Waals surface area contributed by atoms with Crippen LogP contribution in [0.4, 0.5) is 11.4 Å². The van der Waals surface area contributed by atoms with Gasteiger partial charge in [0, 0.05) is 19.6 Å². The molecule has 0 bridgehead atoms. The Kier molecular flexibility index (Phi) is 8.84. The van der Waals surface area contributed by atoms with Gasteiger partial charge in [-0.1, -0.05) is 12.1 Å². The van der Waals surface area contributed by atoms with Crippen molar-refractivity contribution in [3.63, 3.8) is 0 Å². The van der Waals surface area contributed by atoms with Crippen LogP contribution in [0.15, 0.2) is 24.3 Å². The number of aliphatic hydroxyl groups excluding tert-OH is 1. The van der Waals surface area contributed by atoms with Gasteiger partial charge in [-0.25, -0.2) is 0 Å². The van der Waals surface area contributed by atoms with E-state index in [1.165, 1.54) is 0 Å². The van der Waals surface area contributed by atoms with E-state index in [1.807, 2.05) is 24.3 Å². The van der Waals surface area contributed by atoms with E-state index in [1.54, 1.807) is 0 Å². The maximum absolute atomic E-state index is 12.4. The minimum absolute atomic E-state index is 0. The molecule has 0 aromatic heterocycles. The molecular formula is C17H27Cl2N3O2. The molecule has 2 aliphatic rings. The number of hydrogen-bond acceptors (Lipinski definition) is 4. The van der Waals surface area contributed by atoms with E-state index < -0.39 is 0 Å². The topological polar surface area (TPSA) is 64.6 Å². The standard InChI is InChI=1S/C17H25N3O2.2ClH/c21-14-7-10-20(11-8-14)16-6-2-1-5-15(16)19-17(22)13-4-3-9-18-12-13;;/h1-2,5-6,13-14,18,21H,3-4,7-12H2,(H,19,22);2*1H. The number of carbonyl (C=O) groups excluding carboxylic acids is 1. The number of rotatable bonds is 3. The van der Waals surface area contributed by atoms with Crippen molar-refractivity contribution in [3.05, 3.63) is 24.3 Å². The number of hydrogen-bond donors (Lipinski definition) is 3. The first-order chi connectivity index (χ1) is 10.7. The molecule has 24 heavy (non-hydrogen) atoms. The molecule has 1 atom stereocenters. The van der Waals surface area contributed by atoms with E-state index in [4.69, 9.17) is 0 Å². The summed E-state index contributed by atoms with van der Waals surface area (Å²) in [7, 11) is 0. The van der Waals surface area contributed by atoms with Gasteiger partial charge < -0.3 is 20.6 Å². The van der Waals surface area contributed by atoms with E-state index in [0.29, 0.717) is 0 Å². The summed E-state index contributed by atoms with van der Waals surface area (Å²) >= 11 is 0. The summed E-state index contributed by atoms with van der Waals surface area (Å²) in [5.41, 5.74) is 1.95. The Balaban J connectivity index is 0.00000144. The van der Waals surface area contributed by atoms with Gasteiger partial charge in [-0.3, -0.25) is 4.79 Å². The predicted molar refractivity (Wildman–Crippen MR) is 103 cm³/mol. The number of piperidine rings is 2. The maximum Gasteiger partial charge on any atom is 0.228 e. The van der Waals surface area contributed by atoms with Crippen molar-refractivity contribution in [2.24, 2.45) is 5.92 Å². The Hall–Kier alpha value is -1.01. The Morgan fingerprint density at radius 3 is 2.54 bits per heavy atom. The summed E-state index contributed by atoms with van der Waals surface area (Å²) in [5.74, 6) is 0.168. The Morgan fingerprint density at radius 2 is 1.88 bits per heavy atom. The molecule has 1 amide bonds. The number of carbonyl (C=O) groups is 1. The molecule has 3 N–H and O–H groups in total. The Labute approximate surface area is 156 Å². The van der Waals surface area contributed by atoms with Crippen LogP contribution in [0.1, 0.15) is 25.7 Å². The lowest BCUT2D eigenvalue weighted by Crippen LogP contribution is -2.38. The predicted octanol–water partition coefficient (Wildman–Crippen LogP) is 2.43. The van der Waals surface area contributed by atoms with Gasteiger partial charge in [-0.2, -0.15) is 0 Å². The highest BCUT2D eigenvalue weighted by Gasteiger charge is 2.23. The molecule has 0 aliphatic carbocycles. The van der Waals surface area contributed by atoms with Crippen molar-refractivity contribution in [1.82, 2.24) is 5.32 Å². The van der Waals surface area contributed by atoms with Crippen LogP contribution >= 0.6 is 24.8 Å². The highest BCUT2D eigenvalue weighted by atomic mass is 35.5. The molecule has 0 spiro atoms. The number of amides is 1. The second-order valence-electron chi connectivity index (χ2n) is 6.27. The zero-order valence-corrected chi connectivity index (χ0v) is 15.4. The van der Waals surface area contributed by atoms with E-state index in [9.17, 15) is 9.90 Å². The highest BCUT2D eigenvalue weighted by Crippen LogP contribution is 2.29. The van der Waals surface area contributed by atoms with Gasteiger partial charge >= 0.3 is 0 Å². The number of nitrogens with one attached hydrogen (secondary N) is 2. The first kappa shape index (κ1) is 21.0. The van der Waals surface area contributed by atoms with E-state index in [0.717, 1.165) is 63.2 Å². The van der Waals surface area contributed by atoms with Crippen molar-refractivity contribution in [2.45, 2.75) is 31.8 Å². The van der Waals surface area contributed by atoms with Crippen molar-refractivity contribution < 1.29 is 9.90 Å². The van der Waals surface area contributed by atoms with Crippen LogP contribution < -0.4 is 15.5 Å². The first-order valence-electron chi connectivity index (χ1n) is 8.27. The van der Waals surface area contributed by atoms with E-state index >= 15 is 0 Å².